The smallest absolute Gasteiger partial charge is 0.325 e. The Labute approximate surface area is 164 Å². The van der Waals surface area contributed by atoms with Crippen molar-refractivity contribution in [3.05, 3.63) is 29.8 Å². The Morgan fingerprint density at radius 1 is 1.11 bits per heavy atom. The number of amides is 2. The zero-order chi connectivity index (χ0) is 20.7. The Morgan fingerprint density at radius 2 is 1.71 bits per heavy atom. The highest BCUT2D eigenvalue weighted by atomic mass is 32.2. The van der Waals surface area contributed by atoms with Crippen LogP contribution in [0.3, 0.4) is 0 Å². The highest BCUT2D eigenvalue weighted by Crippen LogP contribution is 2.11. The van der Waals surface area contributed by atoms with Crippen LogP contribution in [0.5, 0.6) is 0 Å². The maximum Gasteiger partial charge on any atom is 0.325 e. The first-order chi connectivity index (χ1) is 13.2. The fourth-order valence-corrected chi connectivity index (χ4v) is 3.92. The minimum atomic E-state index is -3.64. The van der Waals surface area contributed by atoms with Gasteiger partial charge in [0, 0.05) is 24.7 Å². The van der Waals surface area contributed by atoms with Crippen molar-refractivity contribution in [3.8, 4) is 0 Å². The van der Waals surface area contributed by atoms with Gasteiger partial charge in [-0.05, 0) is 51.0 Å². The van der Waals surface area contributed by atoms with Crippen LogP contribution in [0, 0.1) is 0 Å². The molecule has 0 atom stereocenters. The number of sulfonamides is 1. The van der Waals surface area contributed by atoms with E-state index in [1.807, 2.05) is 0 Å². The number of carbonyl (C=O) groups is 3. The van der Waals surface area contributed by atoms with Crippen molar-refractivity contribution in [1.82, 2.24) is 14.9 Å². The van der Waals surface area contributed by atoms with E-state index in [2.05, 4.69) is 10.0 Å². The predicted molar refractivity (Wildman–Crippen MR) is 101 cm³/mol. The molecule has 2 N–H and O–H groups in total. The third kappa shape index (κ3) is 6.31. The third-order valence-corrected chi connectivity index (χ3v) is 5.70. The second-order valence-electron chi connectivity index (χ2n) is 6.73. The van der Waals surface area contributed by atoms with Gasteiger partial charge in [-0.25, -0.2) is 13.1 Å². The van der Waals surface area contributed by atoms with E-state index in [4.69, 9.17) is 4.74 Å². The van der Waals surface area contributed by atoms with Gasteiger partial charge in [-0.2, -0.15) is 0 Å². The first-order valence-corrected chi connectivity index (χ1v) is 10.5. The lowest BCUT2D eigenvalue weighted by molar-refractivity contribution is -0.150. The molecule has 0 unspecified atom stereocenters. The van der Waals surface area contributed by atoms with Crippen LogP contribution in [0.4, 0.5) is 0 Å². The van der Waals surface area contributed by atoms with Crippen molar-refractivity contribution >= 4 is 27.8 Å². The van der Waals surface area contributed by atoms with Gasteiger partial charge in [-0.3, -0.25) is 14.4 Å². The summed E-state index contributed by atoms with van der Waals surface area (Å²) in [6, 6.07) is 5.08. The number of benzene rings is 1. The summed E-state index contributed by atoms with van der Waals surface area (Å²) in [6.45, 7) is 4.02. The fraction of sp³-hybridized carbons (Fsp3) is 0.500. The molecular weight excluding hydrogens is 386 g/mol. The standard InChI is InChI=1S/C18H25N3O6S/c1-13(2)20-28(25,26)15-7-5-14(6-8-15)18(24)19-11-17(23)27-12-16(22)21-9-3-4-10-21/h5-8,13,20H,3-4,9-12H2,1-2H3,(H,19,24). The molecule has 0 aromatic heterocycles. The maximum absolute atomic E-state index is 12.1. The molecule has 28 heavy (non-hydrogen) atoms. The Bertz CT molecular complexity index is 814. The molecule has 1 saturated heterocycles. The molecule has 0 saturated carbocycles. The Hall–Kier alpha value is -2.46. The van der Waals surface area contributed by atoms with E-state index in [0.29, 0.717) is 13.1 Å². The van der Waals surface area contributed by atoms with Crippen molar-refractivity contribution in [2.24, 2.45) is 0 Å². The molecule has 1 aromatic rings. The van der Waals surface area contributed by atoms with E-state index in [1.54, 1.807) is 18.7 Å². The molecule has 0 radical (unpaired) electrons. The highest BCUT2D eigenvalue weighted by molar-refractivity contribution is 7.89. The number of carbonyl (C=O) groups excluding carboxylic acids is 3. The lowest BCUT2D eigenvalue weighted by Crippen LogP contribution is -2.35. The number of hydrogen-bond acceptors (Lipinski definition) is 6. The van der Waals surface area contributed by atoms with Crippen LogP contribution in [0.15, 0.2) is 29.2 Å². The monoisotopic (exact) mass is 411 g/mol. The molecule has 10 heteroatoms. The lowest BCUT2D eigenvalue weighted by atomic mass is 10.2. The van der Waals surface area contributed by atoms with Crippen LogP contribution >= 0.6 is 0 Å². The number of ether oxygens (including phenoxy) is 1. The summed E-state index contributed by atoms with van der Waals surface area (Å²) in [7, 11) is -3.64. The molecule has 1 aliphatic heterocycles. The Morgan fingerprint density at radius 3 is 2.29 bits per heavy atom. The summed E-state index contributed by atoms with van der Waals surface area (Å²) in [5, 5.41) is 2.38. The normalized spacial score (nSPS) is 14.2. The molecule has 154 valence electrons. The number of rotatable bonds is 8. The highest BCUT2D eigenvalue weighted by Gasteiger charge is 2.20. The molecular formula is C18H25N3O6S. The van der Waals surface area contributed by atoms with Crippen molar-refractivity contribution in [3.63, 3.8) is 0 Å². The summed E-state index contributed by atoms with van der Waals surface area (Å²) in [5.41, 5.74) is 0.199. The van der Waals surface area contributed by atoms with Gasteiger partial charge in [0.25, 0.3) is 11.8 Å². The van der Waals surface area contributed by atoms with E-state index in [1.165, 1.54) is 24.3 Å². The van der Waals surface area contributed by atoms with Gasteiger partial charge >= 0.3 is 5.97 Å². The van der Waals surface area contributed by atoms with Crippen molar-refractivity contribution in [1.29, 1.82) is 0 Å². The molecule has 1 fully saturated rings. The van der Waals surface area contributed by atoms with E-state index in [9.17, 15) is 22.8 Å². The zero-order valence-electron chi connectivity index (χ0n) is 15.9. The third-order valence-electron chi connectivity index (χ3n) is 4.03. The van der Waals surface area contributed by atoms with Crippen LogP contribution in [0.25, 0.3) is 0 Å². The molecule has 9 nitrogen and oxygen atoms in total. The number of nitrogens with one attached hydrogen (secondary N) is 2. The zero-order valence-corrected chi connectivity index (χ0v) is 16.8. The molecule has 2 amide bonds. The van der Waals surface area contributed by atoms with Crippen molar-refractivity contribution in [2.45, 2.75) is 37.6 Å². The number of nitrogens with zero attached hydrogens (tertiary/aromatic N) is 1. The number of likely N-dealkylation sites (tertiary alicyclic amines) is 1. The van der Waals surface area contributed by atoms with Crippen LogP contribution in [0.2, 0.25) is 0 Å². The van der Waals surface area contributed by atoms with Crippen LogP contribution in [-0.4, -0.2) is 63.4 Å². The first kappa shape index (κ1) is 21.8. The van der Waals surface area contributed by atoms with Gasteiger partial charge in [0.15, 0.2) is 6.61 Å². The molecule has 0 aliphatic carbocycles. The summed E-state index contributed by atoms with van der Waals surface area (Å²) >= 11 is 0. The molecule has 2 rings (SSSR count). The Balaban J connectivity index is 1.80. The molecule has 1 aliphatic rings. The maximum atomic E-state index is 12.1. The molecule has 0 bridgehead atoms. The minimum Gasteiger partial charge on any atom is -0.454 e. The quantitative estimate of drug-likeness (QED) is 0.592. The van der Waals surface area contributed by atoms with Gasteiger partial charge < -0.3 is 15.0 Å². The van der Waals surface area contributed by atoms with Crippen LogP contribution in [0.1, 0.15) is 37.0 Å². The molecule has 0 spiro atoms. The van der Waals surface area contributed by atoms with E-state index < -0.39 is 21.9 Å². The second kappa shape index (κ2) is 9.65. The van der Waals surface area contributed by atoms with E-state index in [-0.39, 0.29) is 35.6 Å². The predicted octanol–water partition coefficient (Wildman–Crippen LogP) is 0.269. The van der Waals surface area contributed by atoms with Gasteiger partial charge in [0.2, 0.25) is 10.0 Å². The Kier molecular flexibility index (Phi) is 7.53. The number of hydrogen-bond donors (Lipinski definition) is 2. The minimum absolute atomic E-state index is 0.0394. The SMILES string of the molecule is CC(C)NS(=O)(=O)c1ccc(C(=O)NCC(=O)OCC(=O)N2CCCC2)cc1. The van der Waals surface area contributed by atoms with Gasteiger partial charge in [-0.15, -0.1) is 0 Å². The van der Waals surface area contributed by atoms with Gasteiger partial charge in [0.1, 0.15) is 6.54 Å². The summed E-state index contributed by atoms with van der Waals surface area (Å²) < 4.78 is 31.4. The summed E-state index contributed by atoms with van der Waals surface area (Å²) in [6.07, 6.45) is 1.90. The van der Waals surface area contributed by atoms with Crippen LogP contribution < -0.4 is 10.0 Å². The van der Waals surface area contributed by atoms with Crippen LogP contribution in [-0.2, 0) is 24.3 Å². The largest absolute Gasteiger partial charge is 0.454 e. The fourth-order valence-electron chi connectivity index (χ4n) is 2.67. The number of esters is 1. The average molecular weight is 411 g/mol. The first-order valence-electron chi connectivity index (χ1n) is 9.03. The van der Waals surface area contributed by atoms with Crippen molar-refractivity contribution < 1.29 is 27.5 Å². The summed E-state index contributed by atoms with van der Waals surface area (Å²) in [4.78, 5) is 37.2. The topological polar surface area (TPSA) is 122 Å². The second-order valence-corrected chi connectivity index (χ2v) is 8.45. The summed E-state index contributed by atoms with van der Waals surface area (Å²) in [5.74, 6) is -1.52. The molecule has 1 aromatic carbocycles. The average Bonchev–Trinajstić information content (AvgIpc) is 3.18. The van der Waals surface area contributed by atoms with E-state index in [0.717, 1.165) is 12.8 Å². The molecule has 1 heterocycles. The van der Waals surface area contributed by atoms with E-state index >= 15 is 0 Å². The lowest BCUT2D eigenvalue weighted by Gasteiger charge is -2.15. The van der Waals surface area contributed by atoms with Crippen molar-refractivity contribution in [2.75, 3.05) is 26.2 Å². The van der Waals surface area contributed by atoms with Gasteiger partial charge in [0.05, 0.1) is 4.90 Å². The van der Waals surface area contributed by atoms with Gasteiger partial charge in [-0.1, -0.05) is 0 Å².